The Bertz CT molecular complexity index is 1590. The lowest BCUT2D eigenvalue weighted by molar-refractivity contribution is -0.111. The fourth-order valence-electron chi connectivity index (χ4n) is 4.32. The van der Waals surface area contributed by atoms with Crippen LogP contribution in [0.15, 0.2) is 91.8 Å². The van der Waals surface area contributed by atoms with Crippen molar-refractivity contribution in [1.82, 2.24) is 14.4 Å². The molecule has 0 fully saturated rings. The molecule has 7 heteroatoms. The smallest absolute Gasteiger partial charge is 0.247 e. The van der Waals surface area contributed by atoms with Crippen LogP contribution in [0.5, 0.6) is 11.6 Å². The molecule has 7 nitrogen and oxygen atoms in total. The maximum absolute atomic E-state index is 11.7. The Morgan fingerprint density at radius 2 is 1.69 bits per heavy atom. The van der Waals surface area contributed by atoms with Gasteiger partial charge in [-0.2, -0.15) is 0 Å². The molecular formula is C29H25N5O2. The highest BCUT2D eigenvalue weighted by Gasteiger charge is 2.21. The Balaban J connectivity index is 1.59. The van der Waals surface area contributed by atoms with E-state index in [1.165, 1.54) is 6.08 Å². The number of nitrogen functional groups attached to an aromatic ring is 1. The van der Waals surface area contributed by atoms with Gasteiger partial charge in [-0.25, -0.2) is 9.97 Å². The summed E-state index contributed by atoms with van der Waals surface area (Å²) in [7, 11) is 0. The van der Waals surface area contributed by atoms with Crippen molar-refractivity contribution in [3.05, 3.63) is 103 Å². The summed E-state index contributed by atoms with van der Waals surface area (Å²) in [6.07, 6.45) is 4.85. The van der Waals surface area contributed by atoms with E-state index in [9.17, 15) is 4.79 Å². The van der Waals surface area contributed by atoms with Crippen molar-refractivity contribution in [3.63, 3.8) is 0 Å². The maximum Gasteiger partial charge on any atom is 0.247 e. The van der Waals surface area contributed by atoms with Crippen LogP contribution in [-0.4, -0.2) is 20.3 Å². The highest BCUT2D eigenvalue weighted by atomic mass is 16.5. The van der Waals surface area contributed by atoms with E-state index in [1.807, 2.05) is 79.9 Å². The van der Waals surface area contributed by atoms with Crippen LogP contribution in [0.1, 0.15) is 11.4 Å². The first-order valence-corrected chi connectivity index (χ1v) is 11.5. The van der Waals surface area contributed by atoms with Gasteiger partial charge < -0.3 is 20.2 Å². The number of hydrogen-bond acceptors (Lipinski definition) is 5. The van der Waals surface area contributed by atoms with Crippen molar-refractivity contribution in [1.29, 1.82) is 0 Å². The molecule has 0 saturated heterocycles. The van der Waals surface area contributed by atoms with E-state index < -0.39 is 0 Å². The van der Waals surface area contributed by atoms with Gasteiger partial charge >= 0.3 is 0 Å². The number of hydrogen-bond donors (Lipinski definition) is 2. The molecule has 0 saturated carbocycles. The molecule has 0 bridgehead atoms. The monoisotopic (exact) mass is 475 g/mol. The molecule has 1 amide bonds. The first kappa shape index (κ1) is 22.9. The van der Waals surface area contributed by atoms with Gasteiger partial charge in [0.1, 0.15) is 11.6 Å². The van der Waals surface area contributed by atoms with Gasteiger partial charge in [-0.05, 0) is 61.4 Å². The average Bonchev–Trinajstić information content (AvgIpc) is 3.18. The number of nitrogens with zero attached hydrogens (tertiary/aromatic N) is 3. The number of aromatic nitrogens is 3. The molecule has 0 unspecified atom stereocenters. The summed E-state index contributed by atoms with van der Waals surface area (Å²) in [5, 5.41) is 2.79. The van der Waals surface area contributed by atoms with Gasteiger partial charge in [0.05, 0.1) is 5.52 Å². The minimum atomic E-state index is -0.253. The SMILES string of the molecule is C=CC(=O)Nc1ccc(-c2c(-c3ccc(Oc4cccc(C)n4)cc3)c3c(N)nccn3c2C)cc1. The second kappa shape index (κ2) is 9.38. The van der Waals surface area contributed by atoms with Gasteiger partial charge in [-0.1, -0.05) is 36.9 Å². The van der Waals surface area contributed by atoms with E-state index in [2.05, 4.69) is 33.2 Å². The molecule has 2 aromatic carbocycles. The molecule has 0 aliphatic heterocycles. The Kier molecular flexibility index (Phi) is 5.96. The molecule has 178 valence electrons. The Labute approximate surface area is 208 Å². The summed E-state index contributed by atoms with van der Waals surface area (Å²) in [6, 6.07) is 21.2. The third kappa shape index (κ3) is 4.30. The lowest BCUT2D eigenvalue weighted by atomic mass is 9.95. The highest BCUT2D eigenvalue weighted by Crippen LogP contribution is 2.42. The summed E-state index contributed by atoms with van der Waals surface area (Å²) in [4.78, 5) is 20.4. The number of pyridine rings is 1. The van der Waals surface area contributed by atoms with Crippen molar-refractivity contribution in [2.24, 2.45) is 0 Å². The van der Waals surface area contributed by atoms with Crippen LogP contribution in [0.3, 0.4) is 0 Å². The normalized spacial score (nSPS) is 10.8. The fourth-order valence-corrected chi connectivity index (χ4v) is 4.32. The number of carbonyl (C=O) groups excluding carboxylic acids is 1. The first-order valence-electron chi connectivity index (χ1n) is 11.5. The molecule has 5 aromatic rings. The van der Waals surface area contributed by atoms with Gasteiger partial charge in [0.25, 0.3) is 0 Å². The highest BCUT2D eigenvalue weighted by molar-refractivity contribution is 6.01. The molecule has 3 N–H and O–H groups in total. The summed E-state index contributed by atoms with van der Waals surface area (Å²) in [5.41, 5.74) is 13.8. The molecule has 36 heavy (non-hydrogen) atoms. The van der Waals surface area contributed by atoms with E-state index >= 15 is 0 Å². The van der Waals surface area contributed by atoms with Crippen LogP contribution in [-0.2, 0) is 4.79 Å². The standard InChI is InChI=1S/C29H25N5O2/c1-4-24(35)33-22-12-8-20(9-13-22)26-19(3)34-17-16-31-29(30)28(34)27(26)21-10-14-23(15-11-21)36-25-7-5-6-18(2)32-25/h4-17H,1H2,2-3H3,(H2,30,31)(H,33,35). The Morgan fingerprint density at radius 1 is 1.00 bits per heavy atom. The van der Waals surface area contributed by atoms with Crippen LogP contribution < -0.4 is 15.8 Å². The summed E-state index contributed by atoms with van der Waals surface area (Å²) in [5.74, 6) is 1.43. The van der Waals surface area contributed by atoms with E-state index in [0.717, 1.165) is 39.2 Å². The predicted molar refractivity (Wildman–Crippen MR) is 143 cm³/mol. The molecule has 0 radical (unpaired) electrons. The van der Waals surface area contributed by atoms with Crippen molar-refractivity contribution in [3.8, 4) is 33.9 Å². The van der Waals surface area contributed by atoms with E-state index in [1.54, 1.807) is 6.20 Å². The number of benzene rings is 2. The maximum atomic E-state index is 11.7. The van der Waals surface area contributed by atoms with Crippen LogP contribution in [0, 0.1) is 13.8 Å². The predicted octanol–water partition coefficient (Wildman–Crippen LogP) is 6.18. The van der Waals surface area contributed by atoms with Crippen LogP contribution in [0.2, 0.25) is 0 Å². The number of nitrogens with one attached hydrogen (secondary N) is 1. The van der Waals surface area contributed by atoms with Crippen molar-refractivity contribution < 1.29 is 9.53 Å². The molecule has 0 aliphatic rings. The third-order valence-corrected chi connectivity index (χ3v) is 5.98. The largest absolute Gasteiger partial charge is 0.439 e. The Hall–Kier alpha value is -4.91. The fraction of sp³-hybridized carbons (Fsp3) is 0.0690. The number of ether oxygens (including phenoxy) is 1. The number of rotatable bonds is 6. The van der Waals surface area contributed by atoms with Crippen LogP contribution >= 0.6 is 0 Å². The molecule has 0 aliphatic carbocycles. The number of anilines is 2. The molecular weight excluding hydrogens is 450 g/mol. The number of carbonyl (C=O) groups is 1. The molecule has 3 aromatic heterocycles. The molecule has 0 spiro atoms. The lowest BCUT2D eigenvalue weighted by Crippen LogP contribution is -2.06. The summed E-state index contributed by atoms with van der Waals surface area (Å²) in [6.45, 7) is 7.48. The van der Waals surface area contributed by atoms with Crippen LogP contribution in [0.4, 0.5) is 11.5 Å². The van der Waals surface area contributed by atoms with E-state index in [-0.39, 0.29) is 5.91 Å². The lowest BCUT2D eigenvalue weighted by Gasteiger charge is -2.10. The quantitative estimate of drug-likeness (QED) is 0.286. The zero-order valence-corrected chi connectivity index (χ0v) is 20.0. The van der Waals surface area contributed by atoms with E-state index in [0.29, 0.717) is 23.1 Å². The van der Waals surface area contributed by atoms with Crippen molar-refractivity contribution >= 4 is 22.9 Å². The van der Waals surface area contributed by atoms with E-state index in [4.69, 9.17) is 10.5 Å². The van der Waals surface area contributed by atoms with Crippen molar-refractivity contribution in [2.45, 2.75) is 13.8 Å². The molecule has 5 rings (SSSR count). The van der Waals surface area contributed by atoms with Gasteiger partial charge in [0.15, 0.2) is 0 Å². The van der Waals surface area contributed by atoms with Crippen molar-refractivity contribution in [2.75, 3.05) is 11.1 Å². The summed E-state index contributed by atoms with van der Waals surface area (Å²) < 4.78 is 8.00. The van der Waals surface area contributed by atoms with Gasteiger partial charge in [0, 0.05) is 46.7 Å². The second-order valence-corrected chi connectivity index (χ2v) is 8.38. The first-order chi connectivity index (χ1) is 17.4. The van der Waals surface area contributed by atoms with Gasteiger partial charge in [0.2, 0.25) is 11.8 Å². The minimum absolute atomic E-state index is 0.253. The zero-order valence-electron chi connectivity index (χ0n) is 20.0. The molecule has 3 heterocycles. The second-order valence-electron chi connectivity index (χ2n) is 8.38. The Morgan fingerprint density at radius 3 is 2.39 bits per heavy atom. The topological polar surface area (TPSA) is 94.5 Å². The third-order valence-electron chi connectivity index (χ3n) is 5.98. The van der Waals surface area contributed by atoms with Gasteiger partial charge in [-0.3, -0.25) is 4.79 Å². The number of nitrogens with two attached hydrogens (primary N) is 1. The summed E-state index contributed by atoms with van der Waals surface area (Å²) >= 11 is 0. The van der Waals surface area contributed by atoms with Crippen LogP contribution in [0.25, 0.3) is 27.8 Å². The number of fused-ring (bicyclic) bond motifs is 1. The van der Waals surface area contributed by atoms with Gasteiger partial charge in [-0.15, -0.1) is 0 Å². The minimum Gasteiger partial charge on any atom is -0.439 e. The number of amides is 1. The molecule has 0 atom stereocenters. The zero-order chi connectivity index (χ0) is 25.2. The average molecular weight is 476 g/mol. The number of aryl methyl sites for hydroxylation is 2.